The van der Waals surface area contributed by atoms with E-state index in [-0.39, 0.29) is 0 Å². The first kappa shape index (κ1) is 13.5. The first-order valence-corrected chi connectivity index (χ1v) is 6.94. The quantitative estimate of drug-likeness (QED) is 0.909. The highest BCUT2D eigenvalue weighted by molar-refractivity contribution is 6.32. The van der Waals surface area contributed by atoms with Crippen LogP contribution in [0.5, 0.6) is 5.75 Å². The van der Waals surface area contributed by atoms with E-state index in [1.54, 1.807) is 7.11 Å². The molecule has 3 nitrogen and oxygen atoms in total. The molecule has 1 heterocycles. The van der Waals surface area contributed by atoms with Crippen LogP contribution < -0.4 is 15.0 Å². The maximum absolute atomic E-state index is 6.18. The molecule has 1 fully saturated rings. The second-order valence-electron chi connectivity index (χ2n) is 4.70. The summed E-state index contributed by atoms with van der Waals surface area (Å²) in [4.78, 5) is 2.39. The van der Waals surface area contributed by atoms with Crippen LogP contribution in [-0.2, 0) is 0 Å². The van der Waals surface area contributed by atoms with Crippen molar-refractivity contribution >= 4 is 17.3 Å². The van der Waals surface area contributed by atoms with Crippen LogP contribution in [-0.4, -0.2) is 32.8 Å². The Morgan fingerprint density at radius 2 is 2.33 bits per heavy atom. The van der Waals surface area contributed by atoms with E-state index in [1.165, 1.54) is 18.5 Å². The molecule has 0 aliphatic carbocycles. The van der Waals surface area contributed by atoms with Crippen molar-refractivity contribution in [1.82, 2.24) is 5.32 Å². The van der Waals surface area contributed by atoms with Crippen LogP contribution in [0.1, 0.15) is 19.8 Å². The lowest BCUT2D eigenvalue weighted by Gasteiger charge is -2.35. The fourth-order valence-electron chi connectivity index (χ4n) is 2.45. The molecular formula is C14H21ClN2O. The summed E-state index contributed by atoms with van der Waals surface area (Å²) in [5.41, 5.74) is 1.18. The van der Waals surface area contributed by atoms with Gasteiger partial charge in [0, 0.05) is 31.4 Å². The Morgan fingerprint density at radius 3 is 3.00 bits per heavy atom. The third kappa shape index (κ3) is 3.09. The van der Waals surface area contributed by atoms with Gasteiger partial charge in [-0.3, -0.25) is 0 Å². The number of hydrogen-bond donors (Lipinski definition) is 1. The molecule has 1 N–H and O–H groups in total. The summed E-state index contributed by atoms with van der Waals surface area (Å²) < 4.78 is 5.18. The Morgan fingerprint density at radius 1 is 1.50 bits per heavy atom. The molecule has 1 unspecified atom stereocenters. The second-order valence-corrected chi connectivity index (χ2v) is 5.11. The van der Waals surface area contributed by atoms with Crippen molar-refractivity contribution < 1.29 is 4.74 Å². The van der Waals surface area contributed by atoms with Crippen molar-refractivity contribution in [2.45, 2.75) is 25.8 Å². The number of nitrogens with one attached hydrogen (secondary N) is 1. The van der Waals surface area contributed by atoms with Crippen LogP contribution in [0.25, 0.3) is 0 Å². The Bertz CT molecular complexity index is 395. The molecule has 0 saturated carbocycles. The maximum Gasteiger partial charge on any atom is 0.137 e. The van der Waals surface area contributed by atoms with E-state index in [2.05, 4.69) is 23.2 Å². The van der Waals surface area contributed by atoms with Crippen molar-refractivity contribution in [3.8, 4) is 5.75 Å². The fraction of sp³-hybridized carbons (Fsp3) is 0.571. The molecule has 1 aromatic carbocycles. The second kappa shape index (κ2) is 6.30. The molecule has 2 rings (SSSR count). The summed E-state index contributed by atoms with van der Waals surface area (Å²) in [6.07, 6.45) is 2.44. The van der Waals surface area contributed by atoms with E-state index in [0.717, 1.165) is 25.4 Å². The Kier molecular flexibility index (Phi) is 4.72. The molecule has 0 spiro atoms. The number of anilines is 1. The van der Waals surface area contributed by atoms with Crippen LogP contribution >= 0.6 is 11.6 Å². The van der Waals surface area contributed by atoms with Gasteiger partial charge in [0.2, 0.25) is 0 Å². The zero-order valence-corrected chi connectivity index (χ0v) is 11.8. The van der Waals surface area contributed by atoms with Crippen LogP contribution in [0.15, 0.2) is 18.2 Å². The minimum absolute atomic E-state index is 0.588. The van der Waals surface area contributed by atoms with Crippen LogP contribution in [0.4, 0.5) is 5.69 Å². The van der Waals surface area contributed by atoms with E-state index < -0.39 is 0 Å². The minimum atomic E-state index is 0.588. The lowest BCUT2D eigenvalue weighted by Crippen LogP contribution is -2.50. The number of rotatable bonds is 4. The highest BCUT2D eigenvalue weighted by Crippen LogP contribution is 2.29. The van der Waals surface area contributed by atoms with Crippen molar-refractivity contribution in [2.75, 3.05) is 31.6 Å². The Labute approximate surface area is 114 Å². The first-order chi connectivity index (χ1) is 8.74. The number of nitrogens with zero attached hydrogens (tertiary/aromatic N) is 1. The highest BCUT2D eigenvalue weighted by atomic mass is 35.5. The van der Waals surface area contributed by atoms with E-state index in [0.29, 0.717) is 11.1 Å². The predicted molar refractivity (Wildman–Crippen MR) is 76.9 cm³/mol. The average Bonchev–Trinajstić information content (AvgIpc) is 2.39. The topological polar surface area (TPSA) is 24.5 Å². The van der Waals surface area contributed by atoms with Gasteiger partial charge >= 0.3 is 0 Å². The van der Waals surface area contributed by atoms with Crippen LogP contribution in [0, 0.1) is 0 Å². The van der Waals surface area contributed by atoms with E-state index >= 15 is 0 Å². The van der Waals surface area contributed by atoms with Crippen molar-refractivity contribution in [1.29, 1.82) is 0 Å². The number of halogens is 1. The van der Waals surface area contributed by atoms with Crippen LogP contribution in [0.3, 0.4) is 0 Å². The van der Waals surface area contributed by atoms with E-state index in [4.69, 9.17) is 16.3 Å². The van der Waals surface area contributed by atoms with E-state index in [9.17, 15) is 0 Å². The molecule has 1 aliphatic heterocycles. The molecule has 18 heavy (non-hydrogen) atoms. The van der Waals surface area contributed by atoms with E-state index in [1.807, 2.05) is 12.1 Å². The summed E-state index contributed by atoms with van der Waals surface area (Å²) >= 11 is 6.18. The molecule has 1 aromatic rings. The number of hydrogen-bond acceptors (Lipinski definition) is 3. The molecule has 100 valence electrons. The zero-order valence-electron chi connectivity index (χ0n) is 11.1. The number of piperazine rings is 1. The summed E-state index contributed by atoms with van der Waals surface area (Å²) in [6, 6.07) is 6.60. The summed E-state index contributed by atoms with van der Waals surface area (Å²) in [7, 11) is 1.64. The fourth-order valence-corrected chi connectivity index (χ4v) is 2.71. The normalized spacial score (nSPS) is 19.9. The molecular weight excluding hydrogens is 248 g/mol. The van der Waals surface area contributed by atoms with Gasteiger partial charge < -0.3 is 15.0 Å². The van der Waals surface area contributed by atoms with Gasteiger partial charge in [-0.15, -0.1) is 0 Å². The Hall–Kier alpha value is -0.930. The Balaban J connectivity index is 2.08. The molecule has 1 saturated heterocycles. The van der Waals surface area contributed by atoms with Gasteiger partial charge in [-0.2, -0.15) is 0 Å². The molecule has 1 aliphatic rings. The molecule has 0 aromatic heterocycles. The summed E-state index contributed by atoms with van der Waals surface area (Å²) in [6.45, 7) is 5.35. The lowest BCUT2D eigenvalue weighted by molar-refractivity contribution is 0.414. The number of ether oxygens (including phenoxy) is 1. The van der Waals surface area contributed by atoms with Gasteiger partial charge in [0.15, 0.2) is 0 Å². The highest BCUT2D eigenvalue weighted by Gasteiger charge is 2.19. The smallest absolute Gasteiger partial charge is 0.137 e. The standard InChI is InChI=1S/C14H21ClN2O/c1-3-4-11-10-17(8-7-16-11)12-5-6-14(18-2)13(15)9-12/h5-6,9,11,16H,3-4,7-8,10H2,1-2H3. The predicted octanol–water partition coefficient (Wildman–Crippen LogP) is 2.93. The van der Waals surface area contributed by atoms with Gasteiger partial charge in [0.25, 0.3) is 0 Å². The largest absolute Gasteiger partial charge is 0.495 e. The van der Waals surface area contributed by atoms with Gasteiger partial charge in [0.1, 0.15) is 5.75 Å². The van der Waals surface area contributed by atoms with Gasteiger partial charge in [-0.25, -0.2) is 0 Å². The molecule has 0 radical (unpaired) electrons. The number of methoxy groups -OCH3 is 1. The van der Waals surface area contributed by atoms with Crippen molar-refractivity contribution in [3.63, 3.8) is 0 Å². The SMILES string of the molecule is CCCC1CN(c2ccc(OC)c(Cl)c2)CCN1. The monoisotopic (exact) mass is 268 g/mol. The summed E-state index contributed by atoms with van der Waals surface area (Å²) in [5.74, 6) is 0.737. The molecule has 0 bridgehead atoms. The van der Waals surface area contributed by atoms with Crippen LogP contribution in [0.2, 0.25) is 5.02 Å². The minimum Gasteiger partial charge on any atom is -0.495 e. The first-order valence-electron chi connectivity index (χ1n) is 6.56. The van der Waals surface area contributed by atoms with Crippen molar-refractivity contribution in [2.24, 2.45) is 0 Å². The van der Waals surface area contributed by atoms with Gasteiger partial charge in [-0.05, 0) is 24.6 Å². The third-order valence-electron chi connectivity index (χ3n) is 3.39. The molecule has 0 amide bonds. The third-order valence-corrected chi connectivity index (χ3v) is 3.69. The average molecular weight is 269 g/mol. The zero-order chi connectivity index (χ0) is 13.0. The number of benzene rings is 1. The lowest BCUT2D eigenvalue weighted by atomic mass is 10.1. The summed E-state index contributed by atoms with van der Waals surface area (Å²) in [5, 5.41) is 4.24. The van der Waals surface area contributed by atoms with Gasteiger partial charge in [-0.1, -0.05) is 24.9 Å². The van der Waals surface area contributed by atoms with Crippen molar-refractivity contribution in [3.05, 3.63) is 23.2 Å². The van der Waals surface area contributed by atoms with Gasteiger partial charge in [0.05, 0.1) is 12.1 Å². The molecule has 1 atom stereocenters. The molecule has 4 heteroatoms. The maximum atomic E-state index is 6.18.